The van der Waals surface area contributed by atoms with Crippen LogP contribution in [-0.4, -0.2) is 55.6 Å². The van der Waals surface area contributed by atoms with Gasteiger partial charge in [-0.15, -0.1) is 12.3 Å². The lowest BCUT2D eigenvalue weighted by atomic mass is 9.92. The third-order valence-corrected chi connectivity index (χ3v) is 8.70. The van der Waals surface area contributed by atoms with Crippen LogP contribution in [0.4, 0.5) is 0 Å². The zero-order valence-corrected chi connectivity index (χ0v) is 19.1. The fourth-order valence-electron chi connectivity index (χ4n) is 4.82. The molecule has 2 saturated heterocycles. The molecule has 0 N–H and O–H groups in total. The van der Waals surface area contributed by atoms with E-state index in [9.17, 15) is 13.2 Å². The van der Waals surface area contributed by atoms with E-state index >= 15 is 0 Å². The molecular weight excluding hydrogens is 420 g/mol. The van der Waals surface area contributed by atoms with Crippen LogP contribution in [0.25, 0.3) is 0 Å². The van der Waals surface area contributed by atoms with Gasteiger partial charge in [-0.3, -0.25) is 4.79 Å². The molecule has 0 saturated carbocycles. The van der Waals surface area contributed by atoms with Crippen LogP contribution in [0.2, 0.25) is 0 Å². The predicted octanol–water partition coefficient (Wildman–Crippen LogP) is 3.81. The number of hydrogen-bond donors (Lipinski definition) is 0. The van der Waals surface area contributed by atoms with Gasteiger partial charge in [-0.05, 0) is 69.0 Å². The maximum atomic E-state index is 13.1. The number of ketones is 1. The van der Waals surface area contributed by atoms with Crippen molar-refractivity contribution in [2.45, 2.75) is 43.0 Å². The molecule has 2 aromatic rings. The number of carbonyl (C=O) groups is 1. The highest BCUT2D eigenvalue weighted by atomic mass is 32.2. The number of sulfonamides is 1. The zero-order valence-electron chi connectivity index (χ0n) is 18.3. The molecule has 0 aromatic heterocycles. The fourth-order valence-corrected chi connectivity index (χ4v) is 6.29. The molecule has 2 heterocycles. The van der Waals surface area contributed by atoms with Crippen LogP contribution in [0.15, 0.2) is 59.5 Å². The van der Waals surface area contributed by atoms with Gasteiger partial charge in [0.05, 0.1) is 4.90 Å². The molecule has 168 valence electrons. The van der Waals surface area contributed by atoms with Crippen molar-refractivity contribution in [3.63, 3.8) is 0 Å². The Kier molecular flexibility index (Phi) is 7.10. The van der Waals surface area contributed by atoms with Gasteiger partial charge in [-0.25, -0.2) is 8.42 Å². The number of piperidine rings is 2. The monoisotopic (exact) mass is 450 g/mol. The molecule has 0 aliphatic carbocycles. The minimum Gasteiger partial charge on any atom is -0.300 e. The van der Waals surface area contributed by atoms with Crippen LogP contribution in [0.1, 0.15) is 48.0 Å². The Labute approximate surface area is 191 Å². The number of hydrogen-bond acceptors (Lipinski definition) is 4. The molecule has 2 fully saturated rings. The van der Waals surface area contributed by atoms with Crippen molar-refractivity contribution in [2.24, 2.45) is 5.92 Å². The van der Waals surface area contributed by atoms with Crippen molar-refractivity contribution in [3.05, 3.63) is 65.7 Å². The summed E-state index contributed by atoms with van der Waals surface area (Å²) in [6.45, 7) is 3.17. The molecule has 0 amide bonds. The third-order valence-electron chi connectivity index (χ3n) is 6.79. The molecule has 4 rings (SSSR count). The Balaban J connectivity index is 1.35. The Morgan fingerprint density at radius 1 is 0.875 bits per heavy atom. The molecule has 2 aromatic carbocycles. The molecule has 0 atom stereocenters. The van der Waals surface area contributed by atoms with Gasteiger partial charge in [0.2, 0.25) is 10.0 Å². The first kappa shape index (κ1) is 22.7. The summed E-state index contributed by atoms with van der Waals surface area (Å²) in [7, 11) is -3.56. The van der Waals surface area contributed by atoms with E-state index in [4.69, 9.17) is 6.42 Å². The normalized spacial score (nSPS) is 19.5. The van der Waals surface area contributed by atoms with E-state index in [0.29, 0.717) is 36.2 Å². The second kappa shape index (κ2) is 9.99. The molecule has 0 bridgehead atoms. The highest BCUT2D eigenvalue weighted by molar-refractivity contribution is 7.89. The van der Waals surface area contributed by atoms with Gasteiger partial charge in [0, 0.05) is 36.7 Å². The molecule has 0 radical (unpaired) electrons. The van der Waals surface area contributed by atoms with E-state index in [1.54, 1.807) is 40.7 Å². The van der Waals surface area contributed by atoms with Crippen LogP contribution in [0.3, 0.4) is 0 Å². The molecule has 2 aliphatic rings. The van der Waals surface area contributed by atoms with Crippen LogP contribution in [-0.2, 0) is 10.0 Å². The number of carbonyl (C=O) groups excluding carboxylic acids is 1. The van der Waals surface area contributed by atoms with Crippen molar-refractivity contribution < 1.29 is 13.2 Å². The highest BCUT2D eigenvalue weighted by Gasteiger charge is 2.33. The van der Waals surface area contributed by atoms with Gasteiger partial charge in [0.1, 0.15) is 0 Å². The van der Waals surface area contributed by atoms with E-state index in [2.05, 4.69) is 10.8 Å². The van der Waals surface area contributed by atoms with E-state index in [1.165, 1.54) is 0 Å². The molecule has 0 spiro atoms. The summed E-state index contributed by atoms with van der Waals surface area (Å²) in [6.07, 6.45) is 10.3. The largest absolute Gasteiger partial charge is 0.300 e. The lowest BCUT2D eigenvalue weighted by molar-refractivity contribution is 0.0980. The van der Waals surface area contributed by atoms with E-state index in [1.807, 2.05) is 18.2 Å². The quantitative estimate of drug-likeness (QED) is 0.496. The first-order valence-electron chi connectivity index (χ1n) is 11.4. The Hall–Kier alpha value is -2.46. The van der Waals surface area contributed by atoms with Crippen LogP contribution in [0, 0.1) is 18.3 Å². The zero-order chi connectivity index (χ0) is 22.6. The Morgan fingerprint density at radius 2 is 1.47 bits per heavy atom. The molecular formula is C26H30N2O3S. The average molecular weight is 451 g/mol. The first-order valence-corrected chi connectivity index (χ1v) is 12.8. The van der Waals surface area contributed by atoms with E-state index < -0.39 is 10.0 Å². The number of terminal acetylenes is 1. The molecule has 32 heavy (non-hydrogen) atoms. The van der Waals surface area contributed by atoms with Crippen molar-refractivity contribution in [3.8, 4) is 12.3 Å². The first-order chi connectivity index (χ1) is 15.5. The summed E-state index contributed by atoms with van der Waals surface area (Å²) in [4.78, 5) is 15.3. The molecule has 0 unspecified atom stereocenters. The highest BCUT2D eigenvalue weighted by Crippen LogP contribution is 2.28. The third kappa shape index (κ3) is 4.96. The lowest BCUT2D eigenvalue weighted by Crippen LogP contribution is -2.48. The van der Waals surface area contributed by atoms with Crippen LogP contribution >= 0.6 is 0 Å². The summed E-state index contributed by atoms with van der Waals surface area (Å²) < 4.78 is 27.9. The maximum Gasteiger partial charge on any atom is 0.243 e. The van der Waals surface area contributed by atoms with Gasteiger partial charge in [-0.1, -0.05) is 30.3 Å². The van der Waals surface area contributed by atoms with Crippen LogP contribution in [0.5, 0.6) is 0 Å². The average Bonchev–Trinajstić information content (AvgIpc) is 2.85. The van der Waals surface area contributed by atoms with Crippen molar-refractivity contribution in [2.75, 3.05) is 26.2 Å². The van der Waals surface area contributed by atoms with E-state index in [-0.39, 0.29) is 10.7 Å². The maximum absolute atomic E-state index is 13.1. The summed E-state index contributed by atoms with van der Waals surface area (Å²) in [5, 5.41) is 0. The minimum atomic E-state index is -3.56. The van der Waals surface area contributed by atoms with Gasteiger partial charge in [-0.2, -0.15) is 4.31 Å². The van der Waals surface area contributed by atoms with Gasteiger partial charge < -0.3 is 4.90 Å². The Morgan fingerprint density at radius 3 is 2.06 bits per heavy atom. The van der Waals surface area contributed by atoms with Gasteiger partial charge in [0.25, 0.3) is 0 Å². The van der Waals surface area contributed by atoms with Crippen LogP contribution < -0.4 is 0 Å². The van der Waals surface area contributed by atoms with Crippen molar-refractivity contribution in [1.82, 2.24) is 9.21 Å². The smallest absolute Gasteiger partial charge is 0.243 e. The van der Waals surface area contributed by atoms with Gasteiger partial charge >= 0.3 is 0 Å². The van der Waals surface area contributed by atoms with Gasteiger partial charge in [0.15, 0.2) is 5.78 Å². The van der Waals surface area contributed by atoms with E-state index in [0.717, 1.165) is 45.2 Å². The second-order valence-electron chi connectivity index (χ2n) is 8.74. The fraction of sp³-hybridized carbons (Fsp3) is 0.423. The predicted molar refractivity (Wildman–Crippen MR) is 126 cm³/mol. The SMILES string of the molecule is C#CCC1CCN(C2CCN(S(=O)(=O)c3ccc(C(=O)c4ccccc4)cc3)CC2)CC1. The molecule has 2 aliphatic heterocycles. The summed E-state index contributed by atoms with van der Waals surface area (Å²) in [5.41, 5.74) is 1.08. The summed E-state index contributed by atoms with van der Waals surface area (Å²) >= 11 is 0. The number of nitrogens with zero attached hydrogens (tertiary/aromatic N) is 2. The second-order valence-corrected chi connectivity index (χ2v) is 10.7. The summed E-state index contributed by atoms with van der Waals surface area (Å²) in [6, 6.07) is 15.8. The topological polar surface area (TPSA) is 57.7 Å². The molecule has 5 nitrogen and oxygen atoms in total. The number of benzene rings is 2. The van der Waals surface area contributed by atoms with Crippen molar-refractivity contribution >= 4 is 15.8 Å². The Bertz CT molecular complexity index is 1060. The minimum absolute atomic E-state index is 0.110. The van der Waals surface area contributed by atoms with Crippen molar-refractivity contribution in [1.29, 1.82) is 0 Å². The lowest BCUT2D eigenvalue weighted by Gasteiger charge is -2.41. The summed E-state index contributed by atoms with van der Waals surface area (Å²) in [5.74, 6) is 3.30. The standard InChI is InChI=1S/C26H30N2O3S/c1-2-6-21-13-17-27(18-14-21)24-15-19-28(20-16-24)32(30,31)25-11-9-23(10-12-25)26(29)22-7-4-3-5-8-22/h1,3-5,7-12,21,24H,6,13-20H2. The number of rotatable bonds is 6. The molecule has 6 heteroatoms. The number of likely N-dealkylation sites (tertiary alicyclic amines) is 1.